The first-order valence-corrected chi connectivity index (χ1v) is 6.01. The molecule has 100 valence electrons. The number of phenols is 1. The molecule has 0 bridgehead atoms. The van der Waals surface area contributed by atoms with E-state index in [0.717, 1.165) is 0 Å². The van der Waals surface area contributed by atoms with Crippen LogP contribution in [0.4, 0.5) is 0 Å². The standard InChI is InChI=1S/C12H15ClO5/c13-8-2-1-6(3-9(8)15)12-11(17)10(16)4-7(5-14)18-12/h1-3,7,10-12,14-17H,4-5H2/t7-,10-,11-,12+/m0/s1. The molecule has 0 amide bonds. The molecular formula is C12H15ClO5. The van der Waals surface area contributed by atoms with Crippen molar-refractivity contribution in [1.82, 2.24) is 0 Å². The van der Waals surface area contributed by atoms with E-state index in [2.05, 4.69) is 0 Å². The molecular weight excluding hydrogens is 260 g/mol. The monoisotopic (exact) mass is 274 g/mol. The lowest BCUT2D eigenvalue weighted by Crippen LogP contribution is -2.44. The molecule has 4 N–H and O–H groups in total. The Bertz CT molecular complexity index is 425. The van der Waals surface area contributed by atoms with Gasteiger partial charge in [-0.25, -0.2) is 0 Å². The summed E-state index contributed by atoms with van der Waals surface area (Å²) in [4.78, 5) is 0. The maximum Gasteiger partial charge on any atom is 0.134 e. The summed E-state index contributed by atoms with van der Waals surface area (Å²) in [6.45, 7) is -0.236. The SMILES string of the molecule is OC[C@@H]1C[C@H](O)[C@H](O)[C@@H](c2ccc(Cl)c(O)c2)O1. The largest absolute Gasteiger partial charge is 0.506 e. The average molecular weight is 275 g/mol. The van der Waals surface area contributed by atoms with Crippen molar-refractivity contribution in [1.29, 1.82) is 0 Å². The van der Waals surface area contributed by atoms with Gasteiger partial charge in [-0.3, -0.25) is 0 Å². The van der Waals surface area contributed by atoms with E-state index in [1.54, 1.807) is 6.07 Å². The van der Waals surface area contributed by atoms with Crippen molar-refractivity contribution in [2.45, 2.75) is 30.8 Å². The number of aromatic hydroxyl groups is 1. The second-order valence-electron chi connectivity index (χ2n) is 4.37. The third-order valence-corrected chi connectivity index (χ3v) is 3.37. The number of aliphatic hydroxyl groups excluding tert-OH is 3. The number of aliphatic hydroxyl groups is 3. The Kier molecular flexibility index (Phi) is 4.09. The molecule has 1 aliphatic rings. The highest BCUT2D eigenvalue weighted by molar-refractivity contribution is 6.32. The Morgan fingerprint density at radius 2 is 2.06 bits per heavy atom. The Balaban J connectivity index is 2.26. The predicted molar refractivity (Wildman–Crippen MR) is 64.4 cm³/mol. The Hall–Kier alpha value is -0.850. The lowest BCUT2D eigenvalue weighted by atomic mass is 9.93. The summed E-state index contributed by atoms with van der Waals surface area (Å²) >= 11 is 5.70. The van der Waals surface area contributed by atoms with Crippen LogP contribution in [-0.4, -0.2) is 45.3 Å². The summed E-state index contributed by atoms with van der Waals surface area (Å²) < 4.78 is 5.48. The third-order valence-electron chi connectivity index (χ3n) is 3.05. The van der Waals surface area contributed by atoms with Crippen LogP contribution in [0.1, 0.15) is 18.1 Å². The van der Waals surface area contributed by atoms with Crippen LogP contribution in [-0.2, 0) is 4.74 Å². The highest BCUT2D eigenvalue weighted by Crippen LogP contribution is 2.35. The number of ether oxygens (including phenoxy) is 1. The maximum atomic E-state index is 9.89. The van der Waals surface area contributed by atoms with Crippen molar-refractivity contribution in [3.8, 4) is 5.75 Å². The van der Waals surface area contributed by atoms with Crippen molar-refractivity contribution in [2.24, 2.45) is 0 Å². The van der Waals surface area contributed by atoms with Crippen LogP contribution in [0.5, 0.6) is 5.75 Å². The molecule has 0 saturated carbocycles. The zero-order chi connectivity index (χ0) is 13.3. The van der Waals surface area contributed by atoms with Gasteiger partial charge in [0.15, 0.2) is 0 Å². The minimum atomic E-state index is -1.10. The fourth-order valence-electron chi connectivity index (χ4n) is 2.05. The van der Waals surface area contributed by atoms with Gasteiger partial charge in [-0.05, 0) is 17.7 Å². The molecule has 0 aromatic heterocycles. The van der Waals surface area contributed by atoms with E-state index in [0.29, 0.717) is 5.56 Å². The lowest BCUT2D eigenvalue weighted by Gasteiger charge is -2.36. The van der Waals surface area contributed by atoms with E-state index in [9.17, 15) is 15.3 Å². The molecule has 4 atom stereocenters. The summed E-state index contributed by atoms with van der Waals surface area (Å²) in [7, 11) is 0. The molecule has 0 spiro atoms. The van der Waals surface area contributed by atoms with Gasteiger partial charge in [0.2, 0.25) is 0 Å². The van der Waals surface area contributed by atoms with E-state index in [1.807, 2.05) is 0 Å². The molecule has 2 rings (SSSR count). The van der Waals surface area contributed by atoms with E-state index in [-0.39, 0.29) is 23.8 Å². The molecule has 1 saturated heterocycles. The molecule has 1 heterocycles. The smallest absolute Gasteiger partial charge is 0.134 e. The summed E-state index contributed by atoms with van der Waals surface area (Å²) in [5.41, 5.74) is 0.501. The molecule has 18 heavy (non-hydrogen) atoms. The van der Waals surface area contributed by atoms with Crippen molar-refractivity contribution in [3.63, 3.8) is 0 Å². The van der Waals surface area contributed by atoms with Gasteiger partial charge in [-0.15, -0.1) is 0 Å². The van der Waals surface area contributed by atoms with Gasteiger partial charge in [0, 0.05) is 6.42 Å². The van der Waals surface area contributed by atoms with Crippen molar-refractivity contribution >= 4 is 11.6 Å². The normalized spacial score (nSPS) is 32.4. The highest BCUT2D eigenvalue weighted by Gasteiger charge is 2.37. The fraction of sp³-hybridized carbons (Fsp3) is 0.500. The first kappa shape index (κ1) is 13.6. The Morgan fingerprint density at radius 3 is 2.67 bits per heavy atom. The number of hydrogen-bond donors (Lipinski definition) is 4. The number of phenolic OH excluding ortho intramolecular Hbond substituents is 1. The van der Waals surface area contributed by atoms with Gasteiger partial charge in [-0.2, -0.15) is 0 Å². The van der Waals surface area contributed by atoms with Gasteiger partial charge < -0.3 is 25.2 Å². The number of hydrogen-bond acceptors (Lipinski definition) is 5. The number of benzene rings is 1. The molecule has 1 aromatic rings. The van der Waals surface area contributed by atoms with Crippen LogP contribution in [0, 0.1) is 0 Å². The maximum absolute atomic E-state index is 9.89. The quantitative estimate of drug-likeness (QED) is 0.634. The van der Waals surface area contributed by atoms with E-state index >= 15 is 0 Å². The highest BCUT2D eigenvalue weighted by atomic mass is 35.5. The Morgan fingerprint density at radius 1 is 1.33 bits per heavy atom. The van der Waals surface area contributed by atoms with Gasteiger partial charge in [0.05, 0.1) is 23.8 Å². The van der Waals surface area contributed by atoms with Crippen LogP contribution in [0.15, 0.2) is 18.2 Å². The van der Waals surface area contributed by atoms with Crippen molar-refractivity contribution in [3.05, 3.63) is 28.8 Å². The third kappa shape index (κ3) is 2.60. The van der Waals surface area contributed by atoms with E-state index in [1.165, 1.54) is 12.1 Å². The topological polar surface area (TPSA) is 90.2 Å². The minimum Gasteiger partial charge on any atom is -0.506 e. The molecule has 0 unspecified atom stereocenters. The Labute approximate surface area is 109 Å². The van der Waals surface area contributed by atoms with Crippen LogP contribution in [0.25, 0.3) is 0 Å². The van der Waals surface area contributed by atoms with Crippen LogP contribution < -0.4 is 0 Å². The first-order valence-electron chi connectivity index (χ1n) is 5.63. The van der Waals surface area contributed by atoms with Crippen molar-refractivity contribution < 1.29 is 25.2 Å². The lowest BCUT2D eigenvalue weighted by molar-refractivity contribution is -0.179. The fourth-order valence-corrected chi connectivity index (χ4v) is 2.17. The summed E-state index contributed by atoms with van der Waals surface area (Å²) in [5, 5.41) is 38.4. The molecule has 1 aromatic carbocycles. The zero-order valence-corrected chi connectivity index (χ0v) is 10.3. The summed E-state index contributed by atoms with van der Waals surface area (Å²) in [5.74, 6) is -0.120. The molecule has 0 radical (unpaired) electrons. The van der Waals surface area contributed by atoms with Crippen LogP contribution >= 0.6 is 11.6 Å². The van der Waals surface area contributed by atoms with Gasteiger partial charge >= 0.3 is 0 Å². The molecule has 1 aliphatic heterocycles. The summed E-state index contributed by atoms with van der Waals surface area (Å²) in [6.07, 6.45) is -3.24. The van der Waals surface area contributed by atoms with Crippen LogP contribution in [0.2, 0.25) is 5.02 Å². The molecule has 5 nitrogen and oxygen atoms in total. The average Bonchev–Trinajstić information content (AvgIpc) is 2.36. The predicted octanol–water partition coefficient (Wildman–Crippen LogP) is 0.590. The van der Waals surface area contributed by atoms with E-state index < -0.39 is 24.4 Å². The van der Waals surface area contributed by atoms with E-state index in [4.69, 9.17) is 21.4 Å². The molecule has 6 heteroatoms. The second kappa shape index (κ2) is 5.42. The molecule has 0 aliphatic carbocycles. The number of halogens is 1. The molecule has 1 fully saturated rings. The zero-order valence-electron chi connectivity index (χ0n) is 9.53. The summed E-state index contributed by atoms with van der Waals surface area (Å²) in [6, 6.07) is 4.46. The first-order chi connectivity index (χ1) is 8.52. The van der Waals surface area contributed by atoms with Gasteiger partial charge in [0.25, 0.3) is 0 Å². The van der Waals surface area contributed by atoms with Gasteiger partial charge in [0.1, 0.15) is 18.0 Å². The number of rotatable bonds is 2. The van der Waals surface area contributed by atoms with Crippen LogP contribution in [0.3, 0.4) is 0 Å². The minimum absolute atomic E-state index is 0.120. The second-order valence-corrected chi connectivity index (χ2v) is 4.77. The van der Waals surface area contributed by atoms with Crippen molar-refractivity contribution in [2.75, 3.05) is 6.61 Å². The van der Waals surface area contributed by atoms with Gasteiger partial charge in [-0.1, -0.05) is 17.7 Å².